The molecule has 0 amide bonds. The van der Waals surface area contributed by atoms with Gasteiger partial charge in [0.1, 0.15) is 6.04 Å². The highest BCUT2D eigenvalue weighted by Gasteiger charge is 2.24. The Hall–Kier alpha value is -1.36. The molecule has 1 unspecified atom stereocenters. The second kappa shape index (κ2) is 5.65. The van der Waals surface area contributed by atoms with Gasteiger partial charge in [0.15, 0.2) is 0 Å². The monoisotopic (exact) mass is 225 g/mol. The topological polar surface area (TPSA) is 56.1 Å². The smallest absolute Gasteiger partial charge is 0.327 e. The maximum Gasteiger partial charge on any atom is 0.327 e. The summed E-state index contributed by atoms with van der Waals surface area (Å²) >= 11 is 0. The van der Waals surface area contributed by atoms with Crippen LogP contribution in [0.25, 0.3) is 0 Å². The van der Waals surface area contributed by atoms with Crippen molar-refractivity contribution < 1.29 is 9.53 Å². The first-order valence-corrected chi connectivity index (χ1v) is 5.50. The number of hydrogen-bond acceptors (Lipinski definition) is 4. The number of esters is 1. The second-order valence-corrected chi connectivity index (χ2v) is 3.53. The Morgan fingerprint density at radius 3 is 2.81 bits per heavy atom. The first kappa shape index (κ1) is 12.7. The third-order valence-corrected chi connectivity index (χ3v) is 2.39. The minimum atomic E-state index is -0.427. The molecule has 1 N–H and O–H groups in total. The number of likely N-dealkylation sites (N-methyl/N-ethyl adjacent to an activating group) is 1. The molecule has 5 nitrogen and oxygen atoms in total. The van der Waals surface area contributed by atoms with Crippen LogP contribution in [-0.4, -0.2) is 29.4 Å². The number of aromatic nitrogens is 2. The molecule has 0 bridgehead atoms. The molecule has 0 aliphatic carbocycles. The fourth-order valence-corrected chi connectivity index (χ4v) is 1.69. The Morgan fingerprint density at radius 2 is 2.31 bits per heavy atom. The lowest BCUT2D eigenvalue weighted by Gasteiger charge is -2.14. The molecule has 90 valence electrons. The van der Waals surface area contributed by atoms with Crippen molar-refractivity contribution in [1.82, 2.24) is 15.1 Å². The van der Waals surface area contributed by atoms with E-state index in [1.165, 1.54) is 0 Å². The summed E-state index contributed by atoms with van der Waals surface area (Å²) in [5.41, 5.74) is 1.82. The van der Waals surface area contributed by atoms with Crippen LogP contribution in [0.15, 0.2) is 6.20 Å². The van der Waals surface area contributed by atoms with Crippen LogP contribution >= 0.6 is 0 Å². The molecule has 0 saturated carbocycles. The molecule has 0 aliphatic rings. The Balaban J connectivity index is 2.98. The number of carbonyl (C=O) groups is 1. The van der Waals surface area contributed by atoms with E-state index >= 15 is 0 Å². The molecule has 5 heteroatoms. The van der Waals surface area contributed by atoms with Gasteiger partial charge in [-0.15, -0.1) is 0 Å². The molecular weight excluding hydrogens is 206 g/mol. The highest BCUT2D eigenvalue weighted by Crippen LogP contribution is 2.18. The molecular formula is C11H19N3O2. The van der Waals surface area contributed by atoms with E-state index in [1.54, 1.807) is 18.7 Å². The molecule has 0 spiro atoms. The van der Waals surface area contributed by atoms with E-state index in [-0.39, 0.29) is 5.97 Å². The van der Waals surface area contributed by atoms with Crippen molar-refractivity contribution in [3.8, 4) is 0 Å². The van der Waals surface area contributed by atoms with Gasteiger partial charge < -0.3 is 10.1 Å². The summed E-state index contributed by atoms with van der Waals surface area (Å²) in [5, 5.41) is 7.27. The van der Waals surface area contributed by atoms with E-state index < -0.39 is 6.04 Å². The van der Waals surface area contributed by atoms with Crippen LogP contribution in [0.1, 0.15) is 31.1 Å². The lowest BCUT2D eigenvalue weighted by Crippen LogP contribution is -2.27. The average molecular weight is 225 g/mol. The molecule has 1 aromatic rings. The van der Waals surface area contributed by atoms with Gasteiger partial charge in [-0.1, -0.05) is 6.92 Å². The van der Waals surface area contributed by atoms with Gasteiger partial charge in [0.25, 0.3) is 0 Å². The Labute approximate surface area is 95.8 Å². The van der Waals surface area contributed by atoms with E-state index in [4.69, 9.17) is 4.74 Å². The van der Waals surface area contributed by atoms with Crippen LogP contribution in [-0.2, 0) is 23.0 Å². The molecule has 1 rings (SSSR count). The van der Waals surface area contributed by atoms with Crippen molar-refractivity contribution in [3.05, 3.63) is 17.5 Å². The van der Waals surface area contributed by atoms with Crippen LogP contribution in [0, 0.1) is 0 Å². The first-order chi connectivity index (χ1) is 7.63. The number of rotatable bonds is 5. The largest absolute Gasteiger partial charge is 0.465 e. The third kappa shape index (κ3) is 2.61. The fraction of sp³-hybridized carbons (Fsp3) is 0.636. The molecule has 0 aliphatic heterocycles. The summed E-state index contributed by atoms with van der Waals surface area (Å²) in [6, 6.07) is -0.427. The highest BCUT2D eigenvalue weighted by atomic mass is 16.5. The van der Waals surface area contributed by atoms with E-state index in [2.05, 4.69) is 10.4 Å². The molecule has 0 saturated heterocycles. The predicted octanol–water partition coefficient (Wildman–Crippen LogP) is 0.806. The summed E-state index contributed by atoms with van der Waals surface area (Å²) in [4.78, 5) is 11.7. The molecule has 16 heavy (non-hydrogen) atoms. The lowest BCUT2D eigenvalue weighted by atomic mass is 10.1. The van der Waals surface area contributed by atoms with Crippen LogP contribution < -0.4 is 5.32 Å². The van der Waals surface area contributed by atoms with Gasteiger partial charge in [0.2, 0.25) is 0 Å². The number of aryl methyl sites for hydroxylation is 2. The Morgan fingerprint density at radius 1 is 1.62 bits per heavy atom. The summed E-state index contributed by atoms with van der Waals surface area (Å²) < 4.78 is 6.74. The fourth-order valence-electron chi connectivity index (χ4n) is 1.69. The van der Waals surface area contributed by atoms with E-state index in [9.17, 15) is 4.79 Å². The molecule has 1 heterocycles. The van der Waals surface area contributed by atoms with Gasteiger partial charge in [0, 0.05) is 18.8 Å². The SMILES string of the molecule is CCOC(=O)C(NC)c1cn(C)nc1CC. The van der Waals surface area contributed by atoms with Crippen LogP contribution in [0.4, 0.5) is 0 Å². The number of carbonyl (C=O) groups excluding carboxylic acids is 1. The number of ether oxygens (including phenoxy) is 1. The molecule has 0 aromatic carbocycles. The van der Waals surface area contributed by atoms with Gasteiger partial charge in [0.05, 0.1) is 12.3 Å². The molecule has 0 fully saturated rings. The standard InChI is InChI=1S/C11H19N3O2/c1-5-9-8(7-14(4)13-9)10(12-3)11(15)16-6-2/h7,10,12H,5-6H2,1-4H3. The van der Waals surface area contributed by atoms with Gasteiger partial charge in [-0.05, 0) is 20.4 Å². The number of nitrogens with one attached hydrogen (secondary N) is 1. The van der Waals surface area contributed by atoms with Crippen molar-refractivity contribution in [1.29, 1.82) is 0 Å². The van der Waals surface area contributed by atoms with Gasteiger partial charge in [-0.2, -0.15) is 5.10 Å². The third-order valence-electron chi connectivity index (χ3n) is 2.39. The van der Waals surface area contributed by atoms with Crippen LogP contribution in [0.3, 0.4) is 0 Å². The zero-order valence-electron chi connectivity index (χ0n) is 10.3. The zero-order chi connectivity index (χ0) is 12.1. The molecule has 0 radical (unpaired) electrons. The van der Waals surface area contributed by atoms with Crippen molar-refractivity contribution in [3.63, 3.8) is 0 Å². The maximum atomic E-state index is 11.7. The lowest BCUT2D eigenvalue weighted by molar-refractivity contribution is -0.145. The minimum absolute atomic E-state index is 0.257. The van der Waals surface area contributed by atoms with Crippen molar-refractivity contribution >= 4 is 5.97 Å². The first-order valence-electron chi connectivity index (χ1n) is 5.50. The highest BCUT2D eigenvalue weighted by molar-refractivity contribution is 5.77. The normalized spacial score (nSPS) is 12.5. The maximum absolute atomic E-state index is 11.7. The summed E-state index contributed by atoms with van der Waals surface area (Å²) in [6.07, 6.45) is 2.66. The number of nitrogens with zero attached hydrogens (tertiary/aromatic N) is 2. The van der Waals surface area contributed by atoms with Crippen LogP contribution in [0.2, 0.25) is 0 Å². The predicted molar refractivity (Wildman–Crippen MR) is 61.0 cm³/mol. The number of hydrogen-bond donors (Lipinski definition) is 1. The zero-order valence-corrected chi connectivity index (χ0v) is 10.3. The van der Waals surface area contributed by atoms with Crippen molar-refractivity contribution in [2.24, 2.45) is 7.05 Å². The van der Waals surface area contributed by atoms with Gasteiger partial charge >= 0.3 is 5.97 Å². The van der Waals surface area contributed by atoms with E-state index in [1.807, 2.05) is 20.2 Å². The second-order valence-electron chi connectivity index (χ2n) is 3.53. The van der Waals surface area contributed by atoms with Crippen molar-refractivity contribution in [2.45, 2.75) is 26.3 Å². The van der Waals surface area contributed by atoms with Crippen molar-refractivity contribution in [2.75, 3.05) is 13.7 Å². The van der Waals surface area contributed by atoms with Gasteiger partial charge in [-0.3, -0.25) is 4.68 Å². The minimum Gasteiger partial charge on any atom is -0.465 e. The van der Waals surface area contributed by atoms with Crippen LogP contribution in [0.5, 0.6) is 0 Å². The molecule has 1 atom stereocenters. The summed E-state index contributed by atoms with van der Waals surface area (Å²) in [6.45, 7) is 4.21. The summed E-state index contributed by atoms with van der Waals surface area (Å²) in [7, 11) is 3.59. The Kier molecular flexibility index (Phi) is 4.49. The van der Waals surface area contributed by atoms with Gasteiger partial charge in [-0.25, -0.2) is 4.79 Å². The average Bonchev–Trinajstić information content (AvgIpc) is 2.61. The summed E-state index contributed by atoms with van der Waals surface area (Å²) in [5.74, 6) is -0.257. The quantitative estimate of drug-likeness (QED) is 0.753. The molecule has 1 aromatic heterocycles. The Bertz CT molecular complexity index is 360. The van der Waals surface area contributed by atoms with E-state index in [0.717, 1.165) is 17.7 Å². The van der Waals surface area contributed by atoms with E-state index in [0.29, 0.717) is 6.61 Å².